The molecule has 0 radical (unpaired) electrons. The highest BCUT2D eigenvalue weighted by Gasteiger charge is 2.27. The highest BCUT2D eigenvalue weighted by atomic mass is 79.9. The average Bonchev–Trinajstić information content (AvgIpc) is 3.00. The Hall–Kier alpha value is -1.80. The van der Waals surface area contributed by atoms with Gasteiger partial charge in [0.05, 0.1) is 12.2 Å². The lowest BCUT2D eigenvalue weighted by Gasteiger charge is -2.16. The van der Waals surface area contributed by atoms with Crippen LogP contribution in [0.15, 0.2) is 28.9 Å². The Morgan fingerprint density at radius 1 is 1.36 bits per heavy atom. The smallest absolute Gasteiger partial charge is 0.328 e. The van der Waals surface area contributed by atoms with Gasteiger partial charge in [0.25, 0.3) is 11.7 Å². The minimum atomic E-state index is -0.833. The number of aromatic amines is 1. The molecule has 0 aliphatic carbocycles. The number of thioether (sulfide) groups is 1. The normalized spacial score (nSPS) is 12.0. The van der Waals surface area contributed by atoms with Crippen molar-refractivity contribution in [3.63, 3.8) is 0 Å². The van der Waals surface area contributed by atoms with E-state index in [9.17, 15) is 14.4 Å². The Bertz CT molecular complexity index is 790. The molecule has 0 aliphatic heterocycles. The van der Waals surface area contributed by atoms with Crippen LogP contribution in [0.5, 0.6) is 0 Å². The van der Waals surface area contributed by atoms with E-state index in [0.29, 0.717) is 17.6 Å². The van der Waals surface area contributed by atoms with Gasteiger partial charge < -0.3 is 15.0 Å². The van der Waals surface area contributed by atoms with Crippen molar-refractivity contribution in [1.82, 2.24) is 10.3 Å². The number of ketones is 1. The van der Waals surface area contributed by atoms with E-state index in [2.05, 4.69) is 26.2 Å². The van der Waals surface area contributed by atoms with Crippen LogP contribution in [-0.4, -0.2) is 47.3 Å². The Morgan fingerprint density at radius 3 is 2.80 bits per heavy atom. The molecule has 1 atom stereocenters. The number of ether oxygens (including phenoxy) is 1. The SMILES string of the molecule is CCOC(=O)C(CCSC)NC(=O)C(=O)c1c[nH]c2ccc(Br)cc12. The fourth-order valence-electron chi connectivity index (χ4n) is 2.35. The number of aromatic nitrogens is 1. The number of nitrogens with one attached hydrogen (secondary N) is 2. The van der Waals surface area contributed by atoms with Gasteiger partial charge in [0.2, 0.25) is 0 Å². The lowest BCUT2D eigenvalue weighted by Crippen LogP contribution is -2.45. The molecule has 1 aromatic carbocycles. The van der Waals surface area contributed by atoms with Crippen LogP contribution in [0.2, 0.25) is 0 Å². The summed E-state index contributed by atoms with van der Waals surface area (Å²) in [6, 6.07) is 4.59. The second kappa shape index (κ2) is 9.05. The van der Waals surface area contributed by atoms with Gasteiger partial charge >= 0.3 is 5.97 Å². The van der Waals surface area contributed by atoms with Crippen LogP contribution in [0.3, 0.4) is 0 Å². The van der Waals surface area contributed by atoms with Crippen LogP contribution in [0.25, 0.3) is 10.9 Å². The zero-order chi connectivity index (χ0) is 18.4. The molecule has 0 fully saturated rings. The number of hydrogen-bond acceptors (Lipinski definition) is 5. The summed E-state index contributed by atoms with van der Waals surface area (Å²) >= 11 is 4.90. The molecular formula is C17H19BrN2O4S. The summed E-state index contributed by atoms with van der Waals surface area (Å²) in [6.45, 7) is 1.91. The number of fused-ring (bicyclic) bond motifs is 1. The first-order valence-electron chi connectivity index (χ1n) is 7.75. The van der Waals surface area contributed by atoms with Crippen LogP contribution >= 0.6 is 27.7 Å². The Balaban J connectivity index is 2.17. The number of Topliss-reactive ketones (excluding diaryl/α,β-unsaturated/α-hetero) is 1. The first kappa shape index (κ1) is 19.5. The summed E-state index contributed by atoms with van der Waals surface area (Å²) in [4.78, 5) is 39.8. The maximum atomic E-state index is 12.5. The topological polar surface area (TPSA) is 88.3 Å². The summed E-state index contributed by atoms with van der Waals surface area (Å²) in [5.41, 5.74) is 1.02. The van der Waals surface area contributed by atoms with Crippen molar-refractivity contribution in [2.45, 2.75) is 19.4 Å². The first-order chi connectivity index (χ1) is 12.0. The van der Waals surface area contributed by atoms with Crippen LogP contribution in [0, 0.1) is 0 Å². The molecule has 1 unspecified atom stereocenters. The van der Waals surface area contributed by atoms with Gasteiger partial charge in [0, 0.05) is 21.6 Å². The van der Waals surface area contributed by atoms with Crippen molar-refractivity contribution in [3.8, 4) is 0 Å². The molecule has 2 rings (SSSR count). The lowest BCUT2D eigenvalue weighted by atomic mass is 10.1. The van der Waals surface area contributed by atoms with Gasteiger partial charge in [-0.2, -0.15) is 11.8 Å². The Morgan fingerprint density at radius 2 is 2.12 bits per heavy atom. The summed E-state index contributed by atoms with van der Waals surface area (Å²) in [5, 5.41) is 3.15. The number of hydrogen-bond donors (Lipinski definition) is 2. The van der Waals surface area contributed by atoms with Gasteiger partial charge in [0.1, 0.15) is 6.04 Å². The van der Waals surface area contributed by atoms with Crippen LogP contribution in [-0.2, 0) is 14.3 Å². The van der Waals surface area contributed by atoms with E-state index in [-0.39, 0.29) is 12.2 Å². The number of rotatable bonds is 8. The summed E-state index contributed by atoms with van der Waals surface area (Å²) in [6.07, 6.45) is 3.80. The maximum Gasteiger partial charge on any atom is 0.328 e. The lowest BCUT2D eigenvalue weighted by molar-refractivity contribution is -0.147. The highest BCUT2D eigenvalue weighted by molar-refractivity contribution is 9.10. The predicted molar refractivity (Wildman–Crippen MR) is 102 cm³/mol. The molecule has 0 saturated heterocycles. The molecule has 1 aromatic heterocycles. The summed E-state index contributed by atoms with van der Waals surface area (Å²) in [7, 11) is 0. The molecular weight excluding hydrogens is 408 g/mol. The zero-order valence-corrected chi connectivity index (χ0v) is 16.3. The minimum Gasteiger partial charge on any atom is -0.464 e. The van der Waals surface area contributed by atoms with E-state index in [1.807, 2.05) is 18.4 Å². The monoisotopic (exact) mass is 426 g/mol. The van der Waals surface area contributed by atoms with Crippen LogP contribution in [0.1, 0.15) is 23.7 Å². The largest absolute Gasteiger partial charge is 0.464 e. The maximum absolute atomic E-state index is 12.5. The highest BCUT2D eigenvalue weighted by Crippen LogP contribution is 2.23. The predicted octanol–water partition coefficient (Wildman–Crippen LogP) is 2.91. The number of benzene rings is 1. The summed E-state index contributed by atoms with van der Waals surface area (Å²) in [5.74, 6) is -1.37. The zero-order valence-electron chi connectivity index (χ0n) is 13.9. The fraction of sp³-hybridized carbons (Fsp3) is 0.353. The van der Waals surface area contributed by atoms with Crippen molar-refractivity contribution in [2.24, 2.45) is 0 Å². The number of amides is 1. The third-order valence-electron chi connectivity index (χ3n) is 3.58. The number of carbonyl (C=O) groups is 3. The van der Waals surface area contributed by atoms with E-state index in [1.54, 1.807) is 24.8 Å². The fourth-order valence-corrected chi connectivity index (χ4v) is 3.19. The molecule has 25 heavy (non-hydrogen) atoms. The number of esters is 1. The molecule has 0 bridgehead atoms. The Labute approximate surface area is 158 Å². The standard InChI is InChI=1S/C17H19BrN2O4S/c1-3-24-17(23)14(6-7-25-2)20-16(22)15(21)12-9-19-13-5-4-10(18)8-11(12)13/h4-5,8-9,14,19H,3,6-7H2,1-2H3,(H,20,22). The second-order valence-corrected chi connectivity index (χ2v) is 7.18. The number of H-pyrrole nitrogens is 1. The van der Waals surface area contributed by atoms with Crippen LogP contribution in [0.4, 0.5) is 0 Å². The molecule has 0 spiro atoms. The molecule has 1 amide bonds. The van der Waals surface area contributed by atoms with Gasteiger partial charge in [-0.3, -0.25) is 9.59 Å². The van der Waals surface area contributed by atoms with Crippen molar-refractivity contribution >= 4 is 56.3 Å². The molecule has 2 N–H and O–H groups in total. The second-order valence-electron chi connectivity index (χ2n) is 5.28. The van der Waals surface area contributed by atoms with Crippen molar-refractivity contribution in [1.29, 1.82) is 0 Å². The van der Waals surface area contributed by atoms with E-state index in [1.165, 1.54) is 6.20 Å². The van der Waals surface area contributed by atoms with Crippen LogP contribution < -0.4 is 5.32 Å². The number of halogens is 1. The van der Waals surface area contributed by atoms with Crippen molar-refractivity contribution < 1.29 is 19.1 Å². The molecule has 2 aromatic rings. The average molecular weight is 427 g/mol. The van der Waals surface area contributed by atoms with E-state index in [0.717, 1.165) is 9.99 Å². The van der Waals surface area contributed by atoms with Gasteiger partial charge in [-0.25, -0.2) is 4.79 Å². The van der Waals surface area contributed by atoms with Gasteiger partial charge in [-0.1, -0.05) is 15.9 Å². The van der Waals surface area contributed by atoms with Crippen molar-refractivity contribution in [3.05, 3.63) is 34.4 Å². The molecule has 8 heteroatoms. The minimum absolute atomic E-state index is 0.217. The van der Waals surface area contributed by atoms with E-state index in [4.69, 9.17) is 4.74 Å². The summed E-state index contributed by atoms with van der Waals surface area (Å²) < 4.78 is 5.78. The quantitative estimate of drug-likeness (QED) is 0.384. The molecule has 1 heterocycles. The first-order valence-corrected chi connectivity index (χ1v) is 9.94. The van der Waals surface area contributed by atoms with Gasteiger partial charge in [0.15, 0.2) is 0 Å². The van der Waals surface area contributed by atoms with E-state index < -0.39 is 23.7 Å². The van der Waals surface area contributed by atoms with E-state index >= 15 is 0 Å². The third-order valence-corrected chi connectivity index (χ3v) is 4.72. The Kier molecular flexibility index (Phi) is 7.07. The van der Waals surface area contributed by atoms with Gasteiger partial charge in [-0.05, 0) is 43.6 Å². The van der Waals surface area contributed by atoms with Crippen molar-refractivity contribution in [2.75, 3.05) is 18.6 Å². The third kappa shape index (κ3) is 4.85. The molecule has 0 saturated carbocycles. The van der Waals surface area contributed by atoms with Gasteiger partial charge in [-0.15, -0.1) is 0 Å². The molecule has 6 nitrogen and oxygen atoms in total. The number of carbonyl (C=O) groups excluding carboxylic acids is 3. The molecule has 0 aliphatic rings. The molecule has 134 valence electrons.